The number of nitrogens with zero attached hydrogens (tertiary/aromatic N) is 1. The summed E-state index contributed by atoms with van der Waals surface area (Å²) >= 11 is 1.62. The van der Waals surface area contributed by atoms with Gasteiger partial charge < -0.3 is 19.3 Å². The van der Waals surface area contributed by atoms with Crippen LogP contribution in [0.2, 0.25) is 0 Å². The van der Waals surface area contributed by atoms with Gasteiger partial charge in [0, 0.05) is 16.6 Å². The summed E-state index contributed by atoms with van der Waals surface area (Å²) in [4.78, 5) is 3.43. The molecule has 184 valence electrons. The van der Waals surface area contributed by atoms with E-state index >= 15 is 0 Å². The number of phenols is 1. The fraction of sp³-hybridized carbons (Fsp3) is 0.286. The molecule has 0 spiro atoms. The van der Waals surface area contributed by atoms with Crippen molar-refractivity contribution in [3.63, 3.8) is 0 Å². The Morgan fingerprint density at radius 1 is 0.886 bits per heavy atom. The van der Waals surface area contributed by atoms with Crippen molar-refractivity contribution in [1.29, 1.82) is 0 Å². The second-order valence-electron chi connectivity index (χ2n) is 8.50. The lowest BCUT2D eigenvalue weighted by atomic mass is 10.1. The third-order valence-corrected chi connectivity index (χ3v) is 7.31. The minimum absolute atomic E-state index is 0. The average Bonchev–Trinajstić information content (AvgIpc) is 3.23. The first-order valence-corrected chi connectivity index (χ1v) is 12.5. The van der Waals surface area contributed by atoms with Gasteiger partial charge in [0.05, 0.1) is 12.0 Å². The monoisotopic (exact) mass is 511 g/mol. The van der Waals surface area contributed by atoms with Gasteiger partial charge in [0.1, 0.15) is 29.6 Å². The van der Waals surface area contributed by atoms with Crippen LogP contribution in [0.4, 0.5) is 0 Å². The second kappa shape index (κ2) is 11.7. The van der Waals surface area contributed by atoms with Crippen LogP contribution in [0, 0.1) is 0 Å². The van der Waals surface area contributed by atoms with Crippen LogP contribution < -0.4 is 14.2 Å². The number of aromatic hydroxyl groups is 1. The highest BCUT2D eigenvalue weighted by molar-refractivity contribution is 7.22. The van der Waals surface area contributed by atoms with Gasteiger partial charge in [-0.05, 0) is 86.1 Å². The highest BCUT2D eigenvalue weighted by Crippen LogP contribution is 2.47. The van der Waals surface area contributed by atoms with E-state index in [1.54, 1.807) is 30.6 Å². The molecular formula is C28H30ClNO4S. The molecule has 1 aromatic heterocycles. The molecule has 0 amide bonds. The summed E-state index contributed by atoms with van der Waals surface area (Å²) in [6.07, 6.45) is 3.93. The van der Waals surface area contributed by atoms with Gasteiger partial charge in [-0.1, -0.05) is 18.6 Å². The van der Waals surface area contributed by atoms with E-state index < -0.39 is 0 Å². The topological polar surface area (TPSA) is 51.2 Å². The van der Waals surface area contributed by atoms with Gasteiger partial charge in [0.15, 0.2) is 5.75 Å². The van der Waals surface area contributed by atoms with Gasteiger partial charge >= 0.3 is 0 Å². The van der Waals surface area contributed by atoms with Crippen LogP contribution >= 0.6 is 23.7 Å². The van der Waals surface area contributed by atoms with Gasteiger partial charge in [-0.25, -0.2) is 0 Å². The van der Waals surface area contributed by atoms with Crippen molar-refractivity contribution in [2.45, 2.75) is 19.3 Å². The van der Waals surface area contributed by atoms with E-state index in [9.17, 15) is 5.11 Å². The smallest absolute Gasteiger partial charge is 0.153 e. The van der Waals surface area contributed by atoms with E-state index in [2.05, 4.69) is 4.90 Å². The zero-order valence-corrected chi connectivity index (χ0v) is 21.4. The molecular weight excluding hydrogens is 482 g/mol. The Balaban J connectivity index is 0.00000289. The molecule has 0 bridgehead atoms. The molecule has 35 heavy (non-hydrogen) atoms. The predicted octanol–water partition coefficient (Wildman–Crippen LogP) is 7.36. The van der Waals surface area contributed by atoms with E-state index in [0.29, 0.717) is 6.61 Å². The number of methoxy groups -OCH3 is 1. The summed E-state index contributed by atoms with van der Waals surface area (Å²) < 4.78 is 18.8. The van der Waals surface area contributed by atoms with Gasteiger partial charge in [0.25, 0.3) is 0 Å². The number of rotatable bonds is 8. The summed E-state index contributed by atoms with van der Waals surface area (Å²) in [5.41, 5.74) is 0.910. The molecule has 1 aliphatic rings. The minimum Gasteiger partial charge on any atom is -0.508 e. The Labute approximate surface area is 216 Å². The lowest BCUT2D eigenvalue weighted by Crippen LogP contribution is -2.33. The number of phenolic OH excluding ortho intramolecular Hbond substituents is 1. The summed E-state index contributed by atoms with van der Waals surface area (Å²) in [5, 5.41) is 11.0. The average molecular weight is 512 g/mol. The highest BCUT2D eigenvalue weighted by Gasteiger charge is 2.18. The molecule has 0 aliphatic carbocycles. The first-order valence-electron chi connectivity index (χ1n) is 11.7. The van der Waals surface area contributed by atoms with Crippen LogP contribution in [0.15, 0.2) is 66.7 Å². The number of fused-ring (bicyclic) bond motifs is 1. The van der Waals surface area contributed by atoms with E-state index in [4.69, 9.17) is 14.2 Å². The summed E-state index contributed by atoms with van der Waals surface area (Å²) in [6, 6.07) is 21.0. The molecule has 4 aromatic rings. The molecule has 1 fully saturated rings. The largest absolute Gasteiger partial charge is 0.508 e. The first-order chi connectivity index (χ1) is 16.7. The fourth-order valence-corrected chi connectivity index (χ4v) is 5.47. The predicted molar refractivity (Wildman–Crippen MR) is 145 cm³/mol. The quantitative estimate of drug-likeness (QED) is 0.268. The van der Waals surface area contributed by atoms with Crippen LogP contribution in [0.25, 0.3) is 20.5 Å². The van der Waals surface area contributed by atoms with Gasteiger partial charge in [-0.2, -0.15) is 0 Å². The molecule has 3 aromatic carbocycles. The lowest BCUT2D eigenvalue weighted by Gasteiger charge is -2.26. The van der Waals surface area contributed by atoms with E-state index in [1.165, 1.54) is 32.4 Å². The zero-order valence-electron chi connectivity index (χ0n) is 19.7. The number of thiophene rings is 1. The number of hydrogen-bond acceptors (Lipinski definition) is 6. The highest BCUT2D eigenvalue weighted by atomic mass is 35.5. The second-order valence-corrected chi connectivity index (χ2v) is 9.55. The Morgan fingerprint density at radius 2 is 1.63 bits per heavy atom. The number of benzene rings is 3. The third-order valence-electron chi connectivity index (χ3n) is 6.13. The van der Waals surface area contributed by atoms with Crippen molar-refractivity contribution in [1.82, 2.24) is 4.90 Å². The molecule has 1 N–H and O–H groups in total. The van der Waals surface area contributed by atoms with E-state index in [-0.39, 0.29) is 18.2 Å². The number of likely N-dealkylation sites (tertiary alicyclic amines) is 1. The van der Waals surface area contributed by atoms with Gasteiger partial charge in [-0.15, -0.1) is 23.7 Å². The molecule has 1 saturated heterocycles. The first kappa shape index (κ1) is 25.2. The van der Waals surface area contributed by atoms with Crippen molar-refractivity contribution in [3.8, 4) is 39.2 Å². The molecule has 0 unspecified atom stereocenters. The van der Waals surface area contributed by atoms with Crippen LogP contribution in [0.5, 0.6) is 28.7 Å². The Bertz CT molecular complexity index is 1250. The van der Waals surface area contributed by atoms with Crippen LogP contribution in [-0.2, 0) is 0 Å². The Hall–Kier alpha value is -2.93. The van der Waals surface area contributed by atoms with Crippen molar-refractivity contribution < 1.29 is 19.3 Å². The summed E-state index contributed by atoms with van der Waals surface area (Å²) in [7, 11) is 1.67. The van der Waals surface area contributed by atoms with Crippen molar-refractivity contribution in [3.05, 3.63) is 66.7 Å². The van der Waals surface area contributed by atoms with Crippen molar-refractivity contribution >= 4 is 33.8 Å². The van der Waals surface area contributed by atoms with Crippen LogP contribution in [0.3, 0.4) is 0 Å². The zero-order chi connectivity index (χ0) is 23.3. The third kappa shape index (κ3) is 6.01. The molecule has 0 atom stereocenters. The van der Waals surface area contributed by atoms with Gasteiger partial charge in [0.2, 0.25) is 0 Å². The molecule has 5 nitrogen and oxygen atoms in total. The molecule has 2 heterocycles. The Kier molecular flexibility index (Phi) is 8.39. The maximum atomic E-state index is 10.0. The Morgan fingerprint density at radius 3 is 2.37 bits per heavy atom. The van der Waals surface area contributed by atoms with Crippen LogP contribution in [0.1, 0.15) is 19.3 Å². The van der Waals surface area contributed by atoms with E-state index in [0.717, 1.165) is 50.1 Å². The standard InChI is InChI=1S/C28H29NO4S.ClH/c1-31-24-12-13-25-26(19-24)34-28(20-6-5-7-21(30)18-20)27(25)33-23-10-8-22(9-11-23)32-17-16-29-14-3-2-4-15-29;/h5-13,18-19,30H,2-4,14-17H2,1H3;1H. The lowest BCUT2D eigenvalue weighted by molar-refractivity contribution is 0.183. The van der Waals surface area contributed by atoms with Crippen LogP contribution in [-0.4, -0.2) is 43.4 Å². The molecule has 1 aliphatic heterocycles. The molecule has 5 rings (SSSR count). The van der Waals surface area contributed by atoms with Crippen molar-refractivity contribution in [2.75, 3.05) is 33.4 Å². The van der Waals surface area contributed by atoms with Crippen molar-refractivity contribution in [2.24, 2.45) is 0 Å². The maximum Gasteiger partial charge on any atom is 0.153 e. The SMILES string of the molecule is COc1ccc2c(Oc3ccc(OCCN4CCCCC4)cc3)c(-c3cccc(O)c3)sc2c1.Cl. The molecule has 7 heteroatoms. The molecule has 0 saturated carbocycles. The van der Waals surface area contributed by atoms with Gasteiger partial charge in [-0.3, -0.25) is 4.90 Å². The minimum atomic E-state index is 0. The number of piperidine rings is 1. The number of hydrogen-bond donors (Lipinski definition) is 1. The maximum absolute atomic E-state index is 10.0. The molecule has 0 radical (unpaired) electrons. The van der Waals surface area contributed by atoms with E-state index in [1.807, 2.05) is 54.6 Å². The fourth-order valence-electron chi connectivity index (χ4n) is 4.32. The normalized spacial score (nSPS) is 13.9. The number of halogens is 1. The number of ether oxygens (including phenoxy) is 3. The summed E-state index contributed by atoms with van der Waals surface area (Å²) in [6.45, 7) is 4.02. The summed E-state index contributed by atoms with van der Waals surface area (Å²) in [5.74, 6) is 3.38.